The van der Waals surface area contributed by atoms with Crippen molar-refractivity contribution >= 4 is 0 Å². The summed E-state index contributed by atoms with van der Waals surface area (Å²) in [6.07, 6.45) is 0. The third kappa shape index (κ3) is 11.1. The molecule has 2 nitrogen and oxygen atoms in total. The van der Waals surface area contributed by atoms with Crippen molar-refractivity contribution in [3.05, 3.63) is 30.3 Å². The van der Waals surface area contributed by atoms with Crippen LogP contribution in [0.15, 0.2) is 30.3 Å². The summed E-state index contributed by atoms with van der Waals surface area (Å²) in [5.41, 5.74) is -0.0312. The Morgan fingerprint density at radius 1 is 0.812 bits per heavy atom. The van der Waals surface area contributed by atoms with Crippen LogP contribution in [0.5, 0.6) is 5.75 Å². The Labute approximate surface area is 99.3 Å². The number of hydrogen-bond acceptors (Lipinski definition) is 2. The zero-order chi connectivity index (χ0) is 12.8. The lowest BCUT2D eigenvalue weighted by molar-refractivity contribution is -0.102. The number of rotatable bonds is 0. The van der Waals surface area contributed by atoms with Gasteiger partial charge in [0.1, 0.15) is 5.75 Å². The van der Waals surface area contributed by atoms with Gasteiger partial charge in [-0.2, -0.15) is 0 Å². The van der Waals surface area contributed by atoms with Crippen molar-refractivity contribution in [3.63, 3.8) is 0 Å². The first-order valence-electron chi connectivity index (χ1n) is 5.54. The summed E-state index contributed by atoms with van der Waals surface area (Å²) in [5, 5.41) is 8.63. The molecule has 0 aromatic heterocycles. The van der Waals surface area contributed by atoms with Gasteiger partial charge in [0, 0.05) is 0 Å². The highest BCUT2D eigenvalue weighted by Gasteiger charge is 2.19. The van der Waals surface area contributed by atoms with E-state index in [1.54, 1.807) is 24.3 Å². The second-order valence-corrected chi connectivity index (χ2v) is 5.66. The fraction of sp³-hybridized carbons (Fsp3) is 0.571. The van der Waals surface area contributed by atoms with Gasteiger partial charge in [-0.15, -0.1) is 0 Å². The van der Waals surface area contributed by atoms with Crippen LogP contribution in [0, 0.1) is 0 Å². The van der Waals surface area contributed by atoms with Gasteiger partial charge in [0.25, 0.3) is 0 Å². The first-order chi connectivity index (χ1) is 7.10. The van der Waals surface area contributed by atoms with Gasteiger partial charge in [-0.05, 0) is 53.7 Å². The summed E-state index contributed by atoms with van der Waals surface area (Å²) in [7, 11) is 0. The topological polar surface area (TPSA) is 29.5 Å². The summed E-state index contributed by atoms with van der Waals surface area (Å²) in [6.45, 7) is 12.4. The van der Waals surface area contributed by atoms with Crippen molar-refractivity contribution < 1.29 is 9.84 Å². The van der Waals surface area contributed by atoms with Crippen LogP contribution in [0.3, 0.4) is 0 Å². The number of benzene rings is 1. The molecule has 92 valence electrons. The van der Waals surface area contributed by atoms with E-state index in [1.807, 2.05) is 6.07 Å². The minimum Gasteiger partial charge on any atom is -0.508 e. The van der Waals surface area contributed by atoms with Gasteiger partial charge in [0.05, 0.1) is 11.2 Å². The maximum atomic E-state index is 8.63. The van der Waals surface area contributed by atoms with Crippen LogP contribution in [-0.2, 0) is 4.74 Å². The molecule has 0 unspecified atom stereocenters. The minimum atomic E-state index is -0.0156. The lowest BCUT2D eigenvalue weighted by atomic mass is 10.1. The van der Waals surface area contributed by atoms with Crippen LogP contribution >= 0.6 is 0 Å². The molecule has 0 aliphatic carbocycles. The molecule has 0 fully saturated rings. The predicted molar refractivity (Wildman–Crippen MR) is 68.7 cm³/mol. The summed E-state index contributed by atoms with van der Waals surface area (Å²) in [4.78, 5) is 0. The van der Waals surface area contributed by atoms with Crippen LogP contribution in [0.25, 0.3) is 0 Å². The van der Waals surface area contributed by atoms with E-state index < -0.39 is 0 Å². The van der Waals surface area contributed by atoms with Gasteiger partial charge in [0.2, 0.25) is 0 Å². The van der Waals surface area contributed by atoms with Crippen LogP contribution in [0.2, 0.25) is 0 Å². The monoisotopic (exact) mass is 224 g/mol. The highest BCUT2D eigenvalue weighted by molar-refractivity contribution is 5.18. The highest BCUT2D eigenvalue weighted by atomic mass is 16.5. The number of hydrogen-bond donors (Lipinski definition) is 1. The summed E-state index contributed by atoms with van der Waals surface area (Å²) < 4.78 is 5.62. The molecule has 2 heteroatoms. The second-order valence-electron chi connectivity index (χ2n) is 5.66. The molecule has 16 heavy (non-hydrogen) atoms. The molecule has 0 saturated carbocycles. The van der Waals surface area contributed by atoms with E-state index in [1.165, 1.54) is 0 Å². The van der Waals surface area contributed by atoms with Crippen molar-refractivity contribution in [1.29, 1.82) is 0 Å². The van der Waals surface area contributed by atoms with E-state index in [9.17, 15) is 0 Å². The van der Waals surface area contributed by atoms with E-state index in [2.05, 4.69) is 41.5 Å². The van der Waals surface area contributed by atoms with Gasteiger partial charge in [0.15, 0.2) is 0 Å². The van der Waals surface area contributed by atoms with Crippen LogP contribution in [-0.4, -0.2) is 16.3 Å². The molecule has 1 aromatic rings. The molecular formula is C14H24O2. The van der Waals surface area contributed by atoms with Crippen molar-refractivity contribution in [3.8, 4) is 5.75 Å². The van der Waals surface area contributed by atoms with Crippen LogP contribution in [0.4, 0.5) is 0 Å². The number of phenolic OH excluding ortho intramolecular Hbond substituents is 1. The Hall–Kier alpha value is -1.02. The molecule has 0 amide bonds. The average Bonchev–Trinajstić information content (AvgIpc) is 1.99. The minimum absolute atomic E-state index is 0.0156. The van der Waals surface area contributed by atoms with Gasteiger partial charge in [-0.3, -0.25) is 0 Å². The van der Waals surface area contributed by atoms with Gasteiger partial charge < -0.3 is 9.84 Å². The molecule has 1 N–H and O–H groups in total. The van der Waals surface area contributed by atoms with Gasteiger partial charge in [-0.25, -0.2) is 0 Å². The van der Waals surface area contributed by atoms with Gasteiger partial charge >= 0.3 is 0 Å². The standard InChI is InChI=1S/C8H18O.C6H6O/c1-7(2,3)9-8(4,5)6;7-6-4-2-1-3-5-6/h1-6H3;1-5,7H. The number of aromatic hydroxyl groups is 1. The smallest absolute Gasteiger partial charge is 0.115 e. The molecular weight excluding hydrogens is 200 g/mol. The van der Waals surface area contributed by atoms with E-state index in [-0.39, 0.29) is 11.2 Å². The molecule has 0 atom stereocenters. The Morgan fingerprint density at radius 2 is 1.19 bits per heavy atom. The normalized spacial score (nSPS) is 11.6. The zero-order valence-corrected chi connectivity index (χ0v) is 11.2. The Kier molecular flexibility index (Phi) is 5.52. The Bertz CT molecular complexity index is 266. The largest absolute Gasteiger partial charge is 0.508 e. The molecule has 0 aliphatic heterocycles. The maximum Gasteiger partial charge on any atom is 0.115 e. The van der Waals surface area contributed by atoms with Crippen molar-refractivity contribution in [1.82, 2.24) is 0 Å². The number of phenols is 1. The molecule has 1 aromatic carbocycles. The third-order valence-corrected chi connectivity index (χ3v) is 1.37. The van der Waals surface area contributed by atoms with Crippen molar-refractivity contribution in [2.45, 2.75) is 52.7 Å². The molecule has 0 aliphatic rings. The summed E-state index contributed by atoms with van der Waals surface area (Å²) in [6, 6.07) is 8.71. The molecule has 0 heterocycles. The fourth-order valence-corrected chi connectivity index (χ4v) is 1.35. The SMILES string of the molecule is CC(C)(C)OC(C)(C)C.Oc1ccccc1. The highest BCUT2D eigenvalue weighted by Crippen LogP contribution is 2.17. The fourth-order valence-electron chi connectivity index (χ4n) is 1.35. The second kappa shape index (κ2) is 5.90. The third-order valence-electron chi connectivity index (χ3n) is 1.37. The van der Waals surface area contributed by atoms with Crippen LogP contribution < -0.4 is 0 Å². The van der Waals surface area contributed by atoms with E-state index in [0.29, 0.717) is 5.75 Å². The molecule has 0 bridgehead atoms. The zero-order valence-electron chi connectivity index (χ0n) is 11.2. The van der Waals surface area contributed by atoms with E-state index in [0.717, 1.165) is 0 Å². The van der Waals surface area contributed by atoms with Crippen molar-refractivity contribution in [2.75, 3.05) is 0 Å². The quantitative estimate of drug-likeness (QED) is 0.722. The molecule has 1 rings (SSSR count). The lowest BCUT2D eigenvalue weighted by Gasteiger charge is -2.30. The summed E-state index contributed by atoms with van der Waals surface area (Å²) in [5.74, 6) is 0.322. The van der Waals surface area contributed by atoms with Crippen molar-refractivity contribution in [2.24, 2.45) is 0 Å². The first kappa shape index (κ1) is 15.0. The van der Waals surface area contributed by atoms with Crippen LogP contribution in [0.1, 0.15) is 41.5 Å². The summed E-state index contributed by atoms with van der Waals surface area (Å²) >= 11 is 0. The van der Waals surface area contributed by atoms with E-state index in [4.69, 9.17) is 9.84 Å². The van der Waals surface area contributed by atoms with Gasteiger partial charge in [-0.1, -0.05) is 18.2 Å². The first-order valence-corrected chi connectivity index (χ1v) is 5.54. The molecule has 0 radical (unpaired) electrons. The lowest BCUT2D eigenvalue weighted by Crippen LogP contribution is -2.31. The Balaban J connectivity index is 0.000000288. The number of ether oxygens (including phenoxy) is 1. The molecule has 0 spiro atoms. The Morgan fingerprint density at radius 3 is 1.31 bits per heavy atom. The maximum absolute atomic E-state index is 8.63. The number of para-hydroxylation sites is 1. The average molecular weight is 224 g/mol. The molecule has 0 saturated heterocycles. The van der Waals surface area contributed by atoms with E-state index >= 15 is 0 Å². The predicted octanol–water partition coefficient (Wildman–Crippen LogP) is 3.99.